The molecule has 27 heavy (non-hydrogen) atoms. The van der Waals surface area contributed by atoms with Gasteiger partial charge in [-0.25, -0.2) is 0 Å². The van der Waals surface area contributed by atoms with E-state index >= 15 is 0 Å². The fourth-order valence-electron chi connectivity index (χ4n) is 2.87. The second kappa shape index (κ2) is 8.94. The Morgan fingerprint density at radius 3 is 2.26 bits per heavy atom. The fourth-order valence-corrected chi connectivity index (χ4v) is 2.87. The molecule has 3 rings (SSSR count). The van der Waals surface area contributed by atoms with E-state index in [4.69, 9.17) is 13.9 Å². The van der Waals surface area contributed by atoms with Crippen LogP contribution in [0.4, 0.5) is 0 Å². The highest BCUT2D eigenvalue weighted by molar-refractivity contribution is 5.95. The van der Waals surface area contributed by atoms with Crippen molar-refractivity contribution in [1.29, 1.82) is 0 Å². The molecule has 0 spiro atoms. The number of carbonyl (C=O) groups is 1. The van der Waals surface area contributed by atoms with Crippen LogP contribution in [0.1, 0.15) is 21.7 Å². The van der Waals surface area contributed by atoms with Crippen LogP contribution in [0, 0.1) is 0 Å². The van der Waals surface area contributed by atoms with Crippen molar-refractivity contribution in [2.24, 2.45) is 0 Å². The average molecular weight is 365 g/mol. The minimum atomic E-state index is -0.0977. The molecule has 5 nitrogen and oxygen atoms in total. The van der Waals surface area contributed by atoms with E-state index in [1.807, 2.05) is 30.3 Å². The van der Waals surface area contributed by atoms with E-state index < -0.39 is 0 Å². The summed E-state index contributed by atoms with van der Waals surface area (Å²) >= 11 is 0. The number of nitrogens with zero attached hydrogens (tertiary/aromatic N) is 1. The molecule has 2 aromatic carbocycles. The second-order valence-corrected chi connectivity index (χ2v) is 6.14. The summed E-state index contributed by atoms with van der Waals surface area (Å²) in [5, 5.41) is 0. The predicted molar refractivity (Wildman–Crippen MR) is 103 cm³/mol. The van der Waals surface area contributed by atoms with Crippen molar-refractivity contribution in [1.82, 2.24) is 4.90 Å². The van der Waals surface area contributed by atoms with Crippen molar-refractivity contribution in [3.05, 3.63) is 83.8 Å². The lowest BCUT2D eigenvalue weighted by molar-refractivity contribution is 0.0732. The third-order valence-corrected chi connectivity index (χ3v) is 4.33. The van der Waals surface area contributed by atoms with Gasteiger partial charge in [-0.3, -0.25) is 4.79 Å². The van der Waals surface area contributed by atoms with Gasteiger partial charge in [-0.2, -0.15) is 0 Å². The predicted octanol–water partition coefficient (Wildman–Crippen LogP) is 4.18. The monoisotopic (exact) mass is 365 g/mol. The normalized spacial score (nSPS) is 10.4. The summed E-state index contributed by atoms with van der Waals surface area (Å²) in [6.07, 6.45) is 2.37. The first kappa shape index (κ1) is 18.6. The smallest absolute Gasteiger partial charge is 0.254 e. The molecule has 3 aromatic rings. The van der Waals surface area contributed by atoms with Crippen molar-refractivity contribution >= 4 is 5.91 Å². The summed E-state index contributed by atoms with van der Waals surface area (Å²) in [7, 11) is 3.14. The van der Waals surface area contributed by atoms with E-state index in [2.05, 4.69) is 12.1 Å². The summed E-state index contributed by atoms with van der Waals surface area (Å²) < 4.78 is 16.0. The van der Waals surface area contributed by atoms with Crippen LogP contribution < -0.4 is 9.47 Å². The van der Waals surface area contributed by atoms with Gasteiger partial charge in [-0.1, -0.05) is 30.3 Å². The number of carbonyl (C=O) groups excluding carboxylic acids is 1. The van der Waals surface area contributed by atoms with E-state index in [1.165, 1.54) is 5.56 Å². The minimum absolute atomic E-state index is 0.0977. The van der Waals surface area contributed by atoms with Gasteiger partial charge in [0.1, 0.15) is 17.3 Å². The topological polar surface area (TPSA) is 51.9 Å². The van der Waals surface area contributed by atoms with Gasteiger partial charge in [0.05, 0.1) is 27.0 Å². The summed E-state index contributed by atoms with van der Waals surface area (Å²) in [4.78, 5) is 15.0. The third-order valence-electron chi connectivity index (χ3n) is 4.33. The number of methoxy groups -OCH3 is 2. The molecule has 0 saturated heterocycles. The van der Waals surface area contributed by atoms with Gasteiger partial charge < -0.3 is 18.8 Å². The van der Waals surface area contributed by atoms with Crippen LogP contribution in [0.3, 0.4) is 0 Å². The molecule has 5 heteroatoms. The molecule has 1 aromatic heterocycles. The van der Waals surface area contributed by atoms with E-state index in [-0.39, 0.29) is 5.91 Å². The molecule has 1 amide bonds. The molecular weight excluding hydrogens is 342 g/mol. The highest BCUT2D eigenvalue weighted by Gasteiger charge is 2.19. The Morgan fingerprint density at radius 2 is 1.67 bits per heavy atom. The number of hydrogen-bond donors (Lipinski definition) is 0. The van der Waals surface area contributed by atoms with Crippen molar-refractivity contribution in [2.45, 2.75) is 13.0 Å². The number of rotatable bonds is 8. The van der Waals surface area contributed by atoms with Gasteiger partial charge in [0.15, 0.2) is 0 Å². The van der Waals surface area contributed by atoms with Crippen LogP contribution in [0.5, 0.6) is 11.5 Å². The van der Waals surface area contributed by atoms with E-state index in [0.29, 0.717) is 30.2 Å². The summed E-state index contributed by atoms with van der Waals surface area (Å²) in [6.45, 7) is 0.973. The molecule has 0 fully saturated rings. The molecule has 0 aliphatic rings. The summed E-state index contributed by atoms with van der Waals surface area (Å²) in [6, 6.07) is 19.0. The Balaban J connectivity index is 1.83. The van der Waals surface area contributed by atoms with Crippen LogP contribution >= 0.6 is 0 Å². The maximum Gasteiger partial charge on any atom is 0.254 e. The molecule has 0 radical (unpaired) electrons. The van der Waals surface area contributed by atoms with E-state index in [9.17, 15) is 4.79 Å². The standard InChI is InChI=1S/C22H23NO4/c1-25-20-13-18(14-21(15-20)26-2)22(24)23(16-19-9-6-12-27-19)11-10-17-7-4-3-5-8-17/h3-9,12-15H,10-11,16H2,1-2H3. The van der Waals surface area contributed by atoms with Crippen LogP contribution in [-0.4, -0.2) is 31.6 Å². The molecule has 0 atom stereocenters. The Morgan fingerprint density at radius 1 is 0.963 bits per heavy atom. The zero-order valence-corrected chi connectivity index (χ0v) is 15.6. The molecule has 0 unspecified atom stereocenters. The highest BCUT2D eigenvalue weighted by Crippen LogP contribution is 2.24. The van der Waals surface area contributed by atoms with Gasteiger partial charge in [0.2, 0.25) is 0 Å². The van der Waals surface area contributed by atoms with Crippen molar-refractivity contribution < 1.29 is 18.7 Å². The lowest BCUT2D eigenvalue weighted by atomic mass is 10.1. The van der Waals surface area contributed by atoms with Gasteiger partial charge in [0, 0.05) is 18.2 Å². The number of amides is 1. The zero-order valence-electron chi connectivity index (χ0n) is 15.6. The van der Waals surface area contributed by atoms with Gasteiger partial charge in [-0.05, 0) is 36.2 Å². The Kier molecular flexibility index (Phi) is 6.15. The maximum atomic E-state index is 13.2. The molecule has 0 bridgehead atoms. The number of hydrogen-bond acceptors (Lipinski definition) is 4. The van der Waals surface area contributed by atoms with E-state index in [0.717, 1.165) is 12.2 Å². The summed E-state index contributed by atoms with van der Waals surface area (Å²) in [5.74, 6) is 1.81. The van der Waals surface area contributed by atoms with Gasteiger partial charge in [-0.15, -0.1) is 0 Å². The number of benzene rings is 2. The number of furan rings is 1. The maximum absolute atomic E-state index is 13.2. The lowest BCUT2D eigenvalue weighted by Crippen LogP contribution is -2.32. The third kappa shape index (κ3) is 4.91. The second-order valence-electron chi connectivity index (χ2n) is 6.14. The minimum Gasteiger partial charge on any atom is -0.497 e. The lowest BCUT2D eigenvalue weighted by Gasteiger charge is -2.22. The van der Waals surface area contributed by atoms with Gasteiger partial charge in [0.25, 0.3) is 5.91 Å². The van der Waals surface area contributed by atoms with Crippen molar-refractivity contribution in [2.75, 3.05) is 20.8 Å². The fraction of sp³-hybridized carbons (Fsp3) is 0.227. The SMILES string of the molecule is COc1cc(OC)cc(C(=O)N(CCc2ccccc2)Cc2ccco2)c1. The number of ether oxygens (including phenoxy) is 2. The quantitative estimate of drug-likeness (QED) is 0.601. The first-order valence-corrected chi connectivity index (χ1v) is 8.78. The molecule has 0 saturated carbocycles. The zero-order chi connectivity index (χ0) is 19.1. The van der Waals surface area contributed by atoms with E-state index in [1.54, 1.807) is 43.6 Å². The Hall–Kier alpha value is -3.21. The van der Waals surface area contributed by atoms with Crippen LogP contribution in [0.25, 0.3) is 0 Å². The molecular formula is C22H23NO4. The first-order chi connectivity index (χ1) is 13.2. The molecule has 1 heterocycles. The molecule has 0 aliphatic carbocycles. The van der Waals surface area contributed by atoms with Crippen molar-refractivity contribution in [3.8, 4) is 11.5 Å². The van der Waals surface area contributed by atoms with Gasteiger partial charge >= 0.3 is 0 Å². The highest BCUT2D eigenvalue weighted by atomic mass is 16.5. The first-order valence-electron chi connectivity index (χ1n) is 8.78. The average Bonchev–Trinajstić information content (AvgIpc) is 3.24. The van der Waals surface area contributed by atoms with Crippen LogP contribution in [-0.2, 0) is 13.0 Å². The van der Waals surface area contributed by atoms with Crippen molar-refractivity contribution in [3.63, 3.8) is 0 Å². The molecule has 140 valence electrons. The summed E-state index contributed by atoms with van der Waals surface area (Å²) in [5.41, 5.74) is 1.70. The van der Waals surface area contributed by atoms with Crippen LogP contribution in [0.2, 0.25) is 0 Å². The largest absolute Gasteiger partial charge is 0.497 e. The Bertz CT molecular complexity index is 837. The van der Waals surface area contributed by atoms with Crippen LogP contribution in [0.15, 0.2) is 71.3 Å². The molecule has 0 N–H and O–H groups in total. The Labute approximate surface area is 159 Å². The molecule has 0 aliphatic heterocycles.